The Morgan fingerprint density at radius 3 is 2.43 bits per heavy atom. The van der Waals surface area contributed by atoms with Gasteiger partial charge in [-0.3, -0.25) is 4.39 Å². The predicted octanol–water partition coefficient (Wildman–Crippen LogP) is 0.206. The Hall–Kier alpha value is -0.115. The maximum atomic E-state index is 11.7. The summed E-state index contributed by atoms with van der Waals surface area (Å²) in [4.78, 5) is 0. The quantitative estimate of drug-likeness (QED) is 0.469. The van der Waals surface area contributed by atoms with Crippen LogP contribution in [0.5, 0.6) is 0 Å². The summed E-state index contributed by atoms with van der Waals surface area (Å²) >= 11 is 0. The Bertz CT molecular complexity index is 43.9. The molecule has 0 saturated heterocycles. The van der Waals surface area contributed by atoms with Gasteiger partial charge in [-0.25, -0.2) is 4.39 Å². The minimum atomic E-state index is -1.43. The van der Waals surface area contributed by atoms with Crippen LogP contribution in [0.3, 0.4) is 0 Å². The summed E-state index contributed by atoms with van der Waals surface area (Å²) in [5.41, 5.74) is 0. The van der Waals surface area contributed by atoms with E-state index in [4.69, 9.17) is 0 Å². The van der Waals surface area contributed by atoms with Crippen molar-refractivity contribution in [2.24, 2.45) is 0 Å². The number of alkyl halides is 2. The first-order chi connectivity index (χ1) is 3.31. The molecule has 0 bridgehead atoms. The van der Waals surface area contributed by atoms with Gasteiger partial charge in [0, 0.05) is 6.42 Å². The van der Waals surface area contributed by atoms with Crippen molar-refractivity contribution in [3.8, 4) is 0 Å². The first-order valence-corrected chi connectivity index (χ1v) is 2.04. The largest absolute Gasteiger partial charge is 0.417 e. The monoisotopic (exact) mass is 108 g/mol. The second-order valence-electron chi connectivity index (χ2n) is 1.12. The van der Waals surface area contributed by atoms with Crippen LogP contribution in [0, 0.1) is 0 Å². The van der Waals surface area contributed by atoms with Gasteiger partial charge in [-0.15, -0.1) is 0 Å². The predicted molar refractivity (Wildman–Crippen MR) is 25.1 cm³/mol. The summed E-state index contributed by atoms with van der Waals surface area (Å²) in [5, 5.41) is 0. The highest BCUT2D eigenvalue weighted by molar-refractivity contribution is 5.98. The second kappa shape index (κ2) is 4.05. The molecule has 0 amide bonds. The van der Waals surface area contributed by atoms with E-state index in [1.165, 1.54) is 8.05 Å². The third-order valence-electron chi connectivity index (χ3n) is 0.592. The molecule has 0 saturated carbocycles. The molecule has 0 aromatic heterocycles. The van der Waals surface area contributed by atoms with Crippen molar-refractivity contribution in [3.63, 3.8) is 0 Å². The van der Waals surface area contributed by atoms with Crippen molar-refractivity contribution in [2.45, 2.75) is 12.8 Å². The van der Waals surface area contributed by atoms with Crippen LogP contribution in [-0.2, 0) is 4.65 Å². The molecule has 0 aliphatic carbocycles. The lowest BCUT2D eigenvalue weighted by atomic mass is 10.4. The molecule has 1 unspecified atom stereocenters. The molecule has 1 nitrogen and oxygen atoms in total. The standard InChI is InChI=1S/C3H7BF2O/c4-7-3(6)1-2-5/h3H,1-2,4H2. The van der Waals surface area contributed by atoms with Gasteiger partial charge in [0.2, 0.25) is 0 Å². The van der Waals surface area contributed by atoms with Gasteiger partial charge in [0.1, 0.15) is 0 Å². The zero-order chi connectivity index (χ0) is 5.70. The van der Waals surface area contributed by atoms with Crippen molar-refractivity contribution in [1.82, 2.24) is 0 Å². The van der Waals surface area contributed by atoms with Crippen LogP contribution in [0.25, 0.3) is 0 Å². The number of hydrogen-bond acceptors (Lipinski definition) is 1. The normalized spacial score (nSPS) is 14.0. The van der Waals surface area contributed by atoms with Crippen molar-refractivity contribution in [1.29, 1.82) is 0 Å². The molecule has 0 radical (unpaired) electrons. The van der Waals surface area contributed by atoms with Gasteiger partial charge in [0.05, 0.1) is 6.67 Å². The van der Waals surface area contributed by atoms with Crippen LogP contribution in [0.2, 0.25) is 0 Å². The van der Waals surface area contributed by atoms with E-state index in [9.17, 15) is 8.78 Å². The van der Waals surface area contributed by atoms with Gasteiger partial charge in [0.15, 0.2) is 6.36 Å². The van der Waals surface area contributed by atoms with Crippen molar-refractivity contribution in [2.75, 3.05) is 6.67 Å². The molecule has 4 heteroatoms. The topological polar surface area (TPSA) is 9.23 Å². The summed E-state index contributed by atoms with van der Waals surface area (Å²) in [6.45, 7) is -0.658. The summed E-state index contributed by atoms with van der Waals surface area (Å²) in [5.74, 6) is 0. The van der Waals surface area contributed by atoms with E-state index < -0.39 is 13.0 Å². The van der Waals surface area contributed by atoms with Crippen LogP contribution >= 0.6 is 0 Å². The van der Waals surface area contributed by atoms with Crippen LogP contribution in [0.1, 0.15) is 6.42 Å². The van der Waals surface area contributed by atoms with E-state index in [0.717, 1.165) is 0 Å². The molecular weight excluding hydrogens is 101 g/mol. The number of halogens is 2. The lowest BCUT2D eigenvalue weighted by molar-refractivity contribution is 0.0623. The first kappa shape index (κ1) is 6.88. The molecule has 42 valence electrons. The van der Waals surface area contributed by atoms with Crippen LogP contribution < -0.4 is 0 Å². The van der Waals surface area contributed by atoms with Gasteiger partial charge < -0.3 is 4.65 Å². The molecule has 0 aliphatic rings. The van der Waals surface area contributed by atoms with E-state index in [-0.39, 0.29) is 6.42 Å². The van der Waals surface area contributed by atoms with Gasteiger partial charge >= 0.3 is 0 Å². The first-order valence-electron chi connectivity index (χ1n) is 2.04. The third kappa shape index (κ3) is 3.72. The molecule has 0 aromatic rings. The highest BCUT2D eigenvalue weighted by Crippen LogP contribution is 1.95. The maximum Gasteiger partial charge on any atom is 0.261 e. The molecular formula is C3H7BF2O. The molecule has 0 spiro atoms. The Balaban J connectivity index is 2.83. The second-order valence-corrected chi connectivity index (χ2v) is 1.12. The smallest absolute Gasteiger partial charge is 0.261 e. The van der Waals surface area contributed by atoms with Gasteiger partial charge in [-0.05, 0) is 0 Å². The molecule has 0 aromatic carbocycles. The van der Waals surface area contributed by atoms with E-state index in [1.54, 1.807) is 0 Å². The Morgan fingerprint density at radius 1 is 1.71 bits per heavy atom. The summed E-state index contributed by atoms with van der Waals surface area (Å²) < 4.78 is 26.9. The van der Waals surface area contributed by atoms with Gasteiger partial charge in [-0.1, -0.05) is 0 Å². The molecule has 1 atom stereocenters. The van der Waals surface area contributed by atoms with Crippen LogP contribution in [0.15, 0.2) is 0 Å². The zero-order valence-electron chi connectivity index (χ0n) is 4.16. The third-order valence-corrected chi connectivity index (χ3v) is 0.592. The fourth-order valence-corrected chi connectivity index (χ4v) is 0.204. The highest BCUT2D eigenvalue weighted by atomic mass is 19.2. The van der Waals surface area contributed by atoms with Crippen LogP contribution in [0.4, 0.5) is 8.78 Å². The minimum Gasteiger partial charge on any atom is -0.417 e. The fourth-order valence-electron chi connectivity index (χ4n) is 0.204. The van der Waals surface area contributed by atoms with E-state index in [0.29, 0.717) is 0 Å². The summed E-state index contributed by atoms with van der Waals surface area (Å²) in [6, 6.07) is 0. The number of hydrogen-bond donors (Lipinski definition) is 0. The molecule has 7 heavy (non-hydrogen) atoms. The highest BCUT2D eigenvalue weighted by Gasteiger charge is 1.99. The van der Waals surface area contributed by atoms with Crippen LogP contribution in [-0.4, -0.2) is 21.1 Å². The zero-order valence-corrected chi connectivity index (χ0v) is 4.16. The summed E-state index contributed by atoms with van der Waals surface area (Å²) in [7, 11) is 1.21. The molecule has 0 N–H and O–H groups in total. The molecule has 0 aliphatic heterocycles. The average molecular weight is 108 g/mol. The molecule has 0 rings (SSSR count). The Labute approximate surface area is 42.1 Å². The van der Waals surface area contributed by atoms with Gasteiger partial charge in [0.25, 0.3) is 8.05 Å². The average Bonchev–Trinajstić information content (AvgIpc) is 1.68. The fraction of sp³-hybridized carbons (Fsp3) is 1.00. The Morgan fingerprint density at radius 2 is 2.29 bits per heavy atom. The van der Waals surface area contributed by atoms with Gasteiger partial charge in [-0.2, -0.15) is 0 Å². The van der Waals surface area contributed by atoms with E-state index in [1.807, 2.05) is 0 Å². The maximum absolute atomic E-state index is 11.7. The Kier molecular flexibility index (Phi) is 3.99. The van der Waals surface area contributed by atoms with E-state index in [2.05, 4.69) is 4.65 Å². The summed E-state index contributed by atoms with van der Waals surface area (Å²) in [6.07, 6.45) is -1.58. The van der Waals surface area contributed by atoms with Crippen molar-refractivity contribution < 1.29 is 13.4 Å². The lowest BCUT2D eigenvalue weighted by Gasteiger charge is -1.99. The van der Waals surface area contributed by atoms with E-state index >= 15 is 0 Å². The lowest BCUT2D eigenvalue weighted by Crippen LogP contribution is -2.03. The number of rotatable bonds is 3. The van der Waals surface area contributed by atoms with Crippen molar-refractivity contribution >= 4 is 8.05 Å². The molecule has 0 fully saturated rings. The SMILES string of the molecule is BOC(F)CCF. The van der Waals surface area contributed by atoms with Crippen molar-refractivity contribution in [3.05, 3.63) is 0 Å². The molecule has 0 heterocycles. The minimum absolute atomic E-state index is 0.156.